The SMILES string of the molecule is [C]1C2CCC3CCC4CCC(CC2)C134. The van der Waals surface area contributed by atoms with Crippen LogP contribution in [0.3, 0.4) is 0 Å². The van der Waals surface area contributed by atoms with Gasteiger partial charge in [0.15, 0.2) is 0 Å². The van der Waals surface area contributed by atoms with Crippen molar-refractivity contribution in [2.45, 2.75) is 51.4 Å². The van der Waals surface area contributed by atoms with Crippen molar-refractivity contribution in [3.8, 4) is 0 Å². The van der Waals surface area contributed by atoms with Gasteiger partial charge in [0.2, 0.25) is 0 Å². The minimum atomic E-state index is 0.668. The van der Waals surface area contributed by atoms with Crippen molar-refractivity contribution in [3.63, 3.8) is 0 Å². The highest BCUT2D eigenvalue weighted by molar-refractivity contribution is 5.18. The van der Waals surface area contributed by atoms with Crippen LogP contribution >= 0.6 is 0 Å². The van der Waals surface area contributed by atoms with Gasteiger partial charge in [-0.2, -0.15) is 0 Å². The molecule has 0 heterocycles. The van der Waals surface area contributed by atoms with Gasteiger partial charge >= 0.3 is 0 Å². The summed E-state index contributed by atoms with van der Waals surface area (Å²) in [5, 5.41) is 0. The summed E-state index contributed by atoms with van der Waals surface area (Å²) < 4.78 is 0. The maximum atomic E-state index is 4.09. The fourth-order valence-electron chi connectivity index (χ4n) is 5.47. The minimum Gasteiger partial charge on any atom is -0.0496 e. The Kier molecular flexibility index (Phi) is 1.50. The number of hydrogen-bond donors (Lipinski definition) is 0. The minimum absolute atomic E-state index is 0.668. The van der Waals surface area contributed by atoms with Gasteiger partial charge in [-0.05, 0) is 86.9 Å². The largest absolute Gasteiger partial charge is 0.0496 e. The molecule has 76 valence electrons. The Labute approximate surface area is 87.5 Å². The summed E-state index contributed by atoms with van der Waals surface area (Å²) in [5.74, 6) is 4.11. The molecule has 4 aliphatic rings. The third-order valence-electron chi connectivity index (χ3n) is 5.94. The van der Waals surface area contributed by atoms with Crippen LogP contribution in [0.5, 0.6) is 0 Å². The molecule has 0 amide bonds. The molecule has 2 atom stereocenters. The maximum absolute atomic E-state index is 4.09. The first-order chi connectivity index (χ1) is 6.89. The Bertz CT molecular complexity index is 235. The van der Waals surface area contributed by atoms with E-state index >= 15 is 0 Å². The Balaban J connectivity index is 1.80. The zero-order valence-corrected chi connectivity index (χ0v) is 8.97. The molecule has 0 saturated heterocycles. The van der Waals surface area contributed by atoms with Crippen molar-refractivity contribution in [3.05, 3.63) is 6.42 Å². The first-order valence-corrected chi connectivity index (χ1v) is 6.67. The maximum Gasteiger partial charge on any atom is -0.00636 e. The van der Waals surface area contributed by atoms with E-state index in [1.807, 2.05) is 0 Å². The fraction of sp³-hybridized carbons (Fsp3) is 0.929. The molecule has 4 rings (SSSR count). The molecule has 0 aliphatic heterocycles. The summed E-state index contributed by atoms with van der Waals surface area (Å²) in [5.41, 5.74) is 0.668. The van der Waals surface area contributed by atoms with Gasteiger partial charge in [-0.1, -0.05) is 0 Å². The predicted molar refractivity (Wildman–Crippen MR) is 56.6 cm³/mol. The Morgan fingerprint density at radius 2 is 1.07 bits per heavy atom. The van der Waals surface area contributed by atoms with E-state index in [0.29, 0.717) is 5.41 Å². The van der Waals surface area contributed by atoms with E-state index < -0.39 is 0 Å². The molecule has 0 heteroatoms. The molecule has 2 bridgehead atoms. The normalized spacial score (nSPS) is 60.0. The van der Waals surface area contributed by atoms with Crippen LogP contribution in [0.25, 0.3) is 0 Å². The second-order valence-electron chi connectivity index (χ2n) is 6.17. The van der Waals surface area contributed by atoms with E-state index in [4.69, 9.17) is 0 Å². The summed E-state index contributed by atoms with van der Waals surface area (Å²) in [7, 11) is 0. The number of fused-ring (bicyclic) bond motifs is 1. The quantitative estimate of drug-likeness (QED) is 0.544. The van der Waals surface area contributed by atoms with E-state index in [-0.39, 0.29) is 0 Å². The summed E-state index contributed by atoms with van der Waals surface area (Å²) >= 11 is 0. The second kappa shape index (κ2) is 2.57. The van der Waals surface area contributed by atoms with E-state index in [1.165, 1.54) is 12.8 Å². The zero-order valence-electron chi connectivity index (χ0n) is 8.97. The first kappa shape index (κ1) is 8.19. The average molecular weight is 188 g/mol. The first-order valence-electron chi connectivity index (χ1n) is 6.67. The average Bonchev–Trinajstić information content (AvgIpc) is 2.68. The highest BCUT2D eigenvalue weighted by Crippen LogP contribution is 2.69. The van der Waals surface area contributed by atoms with Crippen molar-refractivity contribution >= 4 is 0 Å². The lowest BCUT2D eigenvalue weighted by molar-refractivity contribution is 0.0392. The second-order valence-corrected chi connectivity index (χ2v) is 6.17. The van der Waals surface area contributed by atoms with Crippen molar-refractivity contribution < 1.29 is 0 Å². The van der Waals surface area contributed by atoms with Crippen LogP contribution in [0.15, 0.2) is 0 Å². The highest BCUT2D eigenvalue weighted by atomic mass is 14.7. The Hall–Kier alpha value is 0. The van der Waals surface area contributed by atoms with Gasteiger partial charge in [0.25, 0.3) is 0 Å². The molecule has 2 radical (unpaired) electrons. The van der Waals surface area contributed by atoms with Gasteiger partial charge in [0, 0.05) is 0 Å². The van der Waals surface area contributed by atoms with Crippen LogP contribution in [0.2, 0.25) is 0 Å². The van der Waals surface area contributed by atoms with Crippen molar-refractivity contribution in [1.29, 1.82) is 0 Å². The lowest BCUT2D eigenvalue weighted by Gasteiger charge is -2.51. The van der Waals surface area contributed by atoms with E-state index in [9.17, 15) is 0 Å². The fourth-order valence-corrected chi connectivity index (χ4v) is 5.47. The van der Waals surface area contributed by atoms with Gasteiger partial charge in [-0.3, -0.25) is 0 Å². The van der Waals surface area contributed by atoms with Gasteiger partial charge in [0.05, 0.1) is 0 Å². The number of hydrogen-bond acceptors (Lipinski definition) is 0. The summed E-state index contributed by atoms with van der Waals surface area (Å²) in [6, 6.07) is 0. The molecule has 2 unspecified atom stereocenters. The summed E-state index contributed by atoms with van der Waals surface area (Å²) in [4.78, 5) is 0. The molecule has 0 N–H and O–H groups in total. The lowest BCUT2D eigenvalue weighted by atomic mass is 9.53. The highest BCUT2D eigenvalue weighted by Gasteiger charge is 2.61. The Morgan fingerprint density at radius 1 is 0.643 bits per heavy atom. The number of rotatable bonds is 0. The third kappa shape index (κ3) is 0.785. The van der Waals surface area contributed by atoms with Gasteiger partial charge in [-0.15, -0.1) is 0 Å². The standard InChI is InChI=1S/C14H20/c1-3-11-5-7-13-8-6-12-4-2-10(1)9-14(11,12)13/h10-13H,1-8H2. The Morgan fingerprint density at radius 3 is 1.57 bits per heavy atom. The summed E-state index contributed by atoms with van der Waals surface area (Å²) in [6.45, 7) is 0. The van der Waals surface area contributed by atoms with E-state index in [0.717, 1.165) is 23.7 Å². The van der Waals surface area contributed by atoms with E-state index in [1.54, 1.807) is 38.5 Å². The zero-order chi connectivity index (χ0) is 9.17. The van der Waals surface area contributed by atoms with Crippen LogP contribution in [0, 0.1) is 35.5 Å². The van der Waals surface area contributed by atoms with Gasteiger partial charge in [-0.25, -0.2) is 0 Å². The van der Waals surface area contributed by atoms with Crippen LogP contribution in [-0.4, -0.2) is 0 Å². The third-order valence-corrected chi connectivity index (χ3v) is 5.94. The van der Waals surface area contributed by atoms with Gasteiger partial charge in [0.1, 0.15) is 0 Å². The van der Waals surface area contributed by atoms with Crippen molar-refractivity contribution in [2.75, 3.05) is 0 Å². The topological polar surface area (TPSA) is 0 Å². The predicted octanol–water partition coefficient (Wildman–Crippen LogP) is 3.69. The lowest BCUT2D eigenvalue weighted by Crippen LogP contribution is -2.44. The molecular formula is C14H20. The smallest absolute Gasteiger partial charge is 0.00636 e. The molecule has 0 aromatic rings. The molecule has 1 spiro atoms. The van der Waals surface area contributed by atoms with Gasteiger partial charge < -0.3 is 0 Å². The van der Waals surface area contributed by atoms with E-state index in [2.05, 4.69) is 6.42 Å². The molecule has 4 aliphatic carbocycles. The van der Waals surface area contributed by atoms with Crippen LogP contribution in [-0.2, 0) is 0 Å². The summed E-state index contributed by atoms with van der Waals surface area (Å²) in [6.07, 6.45) is 16.3. The van der Waals surface area contributed by atoms with Crippen molar-refractivity contribution in [2.24, 2.45) is 29.1 Å². The van der Waals surface area contributed by atoms with Crippen molar-refractivity contribution in [1.82, 2.24) is 0 Å². The monoisotopic (exact) mass is 188 g/mol. The molecule has 4 fully saturated rings. The molecule has 0 aromatic heterocycles. The molecule has 4 saturated carbocycles. The van der Waals surface area contributed by atoms with Crippen LogP contribution in [0.4, 0.5) is 0 Å². The molecule has 0 aromatic carbocycles. The van der Waals surface area contributed by atoms with Crippen LogP contribution < -0.4 is 0 Å². The molecule has 14 heavy (non-hydrogen) atoms. The molecule has 0 nitrogen and oxygen atoms in total. The molecular weight excluding hydrogens is 168 g/mol. The van der Waals surface area contributed by atoms with Crippen LogP contribution in [0.1, 0.15) is 51.4 Å².